The standard InChI is InChI=1S/C27H29NO10S/c1-33-22-12-10-19(15-21(22)28(29)30)39(31,32)16-20-18(9-11-23(34-2)26(20)37-5)8-7-17-13-24(35-3)27(38-6)25(14-17)36-4/h7-15H,16H2,1-6H3/b8-7-. The minimum Gasteiger partial charge on any atom is -0.493 e. The molecule has 208 valence electrons. The molecule has 0 unspecified atom stereocenters. The number of sulfone groups is 1. The molecule has 0 fully saturated rings. The molecule has 0 radical (unpaired) electrons. The van der Waals surface area contributed by atoms with Gasteiger partial charge in [0.2, 0.25) is 5.75 Å². The molecule has 0 aliphatic heterocycles. The molecule has 0 saturated carbocycles. The summed E-state index contributed by atoms with van der Waals surface area (Å²) in [7, 11) is 4.55. The van der Waals surface area contributed by atoms with Crippen LogP contribution >= 0.6 is 0 Å². The number of nitro groups is 1. The lowest BCUT2D eigenvalue weighted by Crippen LogP contribution is -2.09. The van der Waals surface area contributed by atoms with E-state index in [-0.39, 0.29) is 16.4 Å². The average Bonchev–Trinajstić information content (AvgIpc) is 2.94. The molecule has 0 aliphatic rings. The molecule has 39 heavy (non-hydrogen) atoms. The molecule has 0 aromatic heterocycles. The fourth-order valence-corrected chi connectivity index (χ4v) is 5.39. The van der Waals surface area contributed by atoms with Gasteiger partial charge in [-0.2, -0.15) is 0 Å². The van der Waals surface area contributed by atoms with E-state index in [0.29, 0.717) is 39.7 Å². The first-order chi connectivity index (χ1) is 18.6. The molecule has 12 heteroatoms. The van der Waals surface area contributed by atoms with Gasteiger partial charge in [0, 0.05) is 11.6 Å². The molecule has 0 saturated heterocycles. The Kier molecular flexibility index (Phi) is 9.25. The van der Waals surface area contributed by atoms with Gasteiger partial charge in [0.05, 0.1) is 58.2 Å². The van der Waals surface area contributed by atoms with Gasteiger partial charge in [0.15, 0.2) is 38.6 Å². The Bertz CT molecular complexity index is 1470. The third-order valence-electron chi connectivity index (χ3n) is 5.87. The fraction of sp³-hybridized carbons (Fsp3) is 0.259. The van der Waals surface area contributed by atoms with E-state index in [1.165, 1.54) is 54.8 Å². The van der Waals surface area contributed by atoms with Crippen LogP contribution in [0.3, 0.4) is 0 Å². The number of rotatable bonds is 12. The SMILES string of the molecule is COc1ccc(S(=O)(=O)Cc2c(/C=C\c3cc(OC)c(OC)c(OC)c3)ccc(OC)c2OC)cc1[N+](=O)[O-]. The first kappa shape index (κ1) is 29.1. The lowest BCUT2D eigenvalue weighted by molar-refractivity contribution is -0.386. The fourth-order valence-electron chi connectivity index (χ4n) is 3.97. The summed E-state index contributed by atoms with van der Waals surface area (Å²) in [5.74, 6) is 1.31. The van der Waals surface area contributed by atoms with Crippen LogP contribution in [0.15, 0.2) is 47.4 Å². The number of hydrogen-bond donors (Lipinski definition) is 0. The summed E-state index contributed by atoms with van der Waals surface area (Å²) in [4.78, 5) is 10.5. The van der Waals surface area contributed by atoms with Gasteiger partial charge < -0.3 is 28.4 Å². The Labute approximate surface area is 226 Å². The van der Waals surface area contributed by atoms with Gasteiger partial charge in [-0.3, -0.25) is 10.1 Å². The van der Waals surface area contributed by atoms with Crippen LogP contribution in [0, 0.1) is 10.1 Å². The molecular formula is C27H29NO10S. The maximum Gasteiger partial charge on any atom is 0.312 e. The summed E-state index contributed by atoms with van der Waals surface area (Å²) >= 11 is 0. The molecule has 3 rings (SSSR count). The van der Waals surface area contributed by atoms with Crippen molar-refractivity contribution in [2.24, 2.45) is 0 Å². The highest BCUT2D eigenvalue weighted by Gasteiger charge is 2.26. The summed E-state index contributed by atoms with van der Waals surface area (Å²) in [6.45, 7) is 0. The molecular weight excluding hydrogens is 530 g/mol. The maximum absolute atomic E-state index is 13.5. The van der Waals surface area contributed by atoms with Gasteiger partial charge in [-0.1, -0.05) is 18.2 Å². The Morgan fingerprint density at radius 1 is 0.718 bits per heavy atom. The third kappa shape index (κ3) is 6.17. The van der Waals surface area contributed by atoms with Crippen molar-refractivity contribution in [2.75, 3.05) is 42.7 Å². The van der Waals surface area contributed by atoms with Crippen molar-refractivity contribution in [1.82, 2.24) is 0 Å². The molecule has 11 nitrogen and oxygen atoms in total. The Morgan fingerprint density at radius 3 is 1.79 bits per heavy atom. The topological polar surface area (TPSA) is 133 Å². The van der Waals surface area contributed by atoms with Crippen LogP contribution in [-0.2, 0) is 15.6 Å². The Morgan fingerprint density at radius 2 is 1.28 bits per heavy atom. The van der Waals surface area contributed by atoms with Crippen molar-refractivity contribution < 1.29 is 41.8 Å². The molecule has 0 bridgehead atoms. The molecule has 3 aromatic rings. The van der Waals surface area contributed by atoms with Gasteiger partial charge in [-0.05, 0) is 41.5 Å². The van der Waals surface area contributed by atoms with Crippen LogP contribution in [0.2, 0.25) is 0 Å². The van der Waals surface area contributed by atoms with E-state index in [0.717, 1.165) is 6.07 Å². The summed E-state index contributed by atoms with van der Waals surface area (Å²) in [5.41, 5.74) is 1.06. The first-order valence-electron chi connectivity index (χ1n) is 11.4. The molecule has 0 heterocycles. The molecule has 3 aromatic carbocycles. The Balaban J connectivity index is 2.13. The van der Waals surface area contributed by atoms with Gasteiger partial charge in [-0.25, -0.2) is 8.42 Å². The second-order valence-corrected chi connectivity index (χ2v) is 10.0. The van der Waals surface area contributed by atoms with E-state index in [4.69, 9.17) is 28.4 Å². The molecule has 0 amide bonds. The maximum atomic E-state index is 13.5. The molecule has 0 N–H and O–H groups in total. The average molecular weight is 560 g/mol. The highest BCUT2D eigenvalue weighted by Crippen LogP contribution is 2.40. The highest BCUT2D eigenvalue weighted by molar-refractivity contribution is 7.90. The molecule has 0 spiro atoms. The zero-order valence-electron chi connectivity index (χ0n) is 22.3. The number of ether oxygens (including phenoxy) is 6. The highest BCUT2D eigenvalue weighted by atomic mass is 32.2. The normalized spacial score (nSPS) is 11.2. The monoisotopic (exact) mass is 559 g/mol. The largest absolute Gasteiger partial charge is 0.493 e. The lowest BCUT2D eigenvalue weighted by Gasteiger charge is -2.16. The number of hydrogen-bond acceptors (Lipinski definition) is 10. The molecule has 0 aliphatic carbocycles. The van der Waals surface area contributed by atoms with Crippen LogP contribution in [0.25, 0.3) is 12.2 Å². The van der Waals surface area contributed by atoms with E-state index >= 15 is 0 Å². The minimum atomic E-state index is -4.07. The van der Waals surface area contributed by atoms with Crippen molar-refractivity contribution in [2.45, 2.75) is 10.6 Å². The smallest absolute Gasteiger partial charge is 0.312 e. The summed E-state index contributed by atoms with van der Waals surface area (Å²) in [6.07, 6.45) is 3.46. The summed E-state index contributed by atoms with van der Waals surface area (Å²) < 4.78 is 59.0. The van der Waals surface area contributed by atoms with Crippen LogP contribution in [0.5, 0.6) is 34.5 Å². The van der Waals surface area contributed by atoms with Crippen LogP contribution < -0.4 is 28.4 Å². The predicted molar refractivity (Wildman–Crippen MR) is 145 cm³/mol. The van der Waals surface area contributed by atoms with Crippen molar-refractivity contribution >= 4 is 27.7 Å². The van der Waals surface area contributed by atoms with Gasteiger partial charge >= 0.3 is 5.69 Å². The van der Waals surface area contributed by atoms with E-state index in [1.54, 1.807) is 36.4 Å². The zero-order chi connectivity index (χ0) is 28.7. The second kappa shape index (κ2) is 12.4. The van der Waals surface area contributed by atoms with E-state index < -0.39 is 26.2 Å². The van der Waals surface area contributed by atoms with Crippen LogP contribution in [0.4, 0.5) is 5.69 Å². The quantitative estimate of drug-likeness (QED) is 0.173. The predicted octanol–water partition coefficient (Wildman–Crippen LogP) is 4.79. The van der Waals surface area contributed by atoms with Crippen molar-refractivity contribution in [1.29, 1.82) is 0 Å². The van der Waals surface area contributed by atoms with E-state index in [2.05, 4.69) is 0 Å². The number of methoxy groups -OCH3 is 6. The van der Waals surface area contributed by atoms with E-state index in [9.17, 15) is 18.5 Å². The second-order valence-electron chi connectivity index (χ2n) is 8.01. The number of nitro benzene ring substituents is 1. The van der Waals surface area contributed by atoms with Crippen molar-refractivity contribution in [3.63, 3.8) is 0 Å². The first-order valence-corrected chi connectivity index (χ1v) is 13.1. The van der Waals surface area contributed by atoms with Crippen LogP contribution in [0.1, 0.15) is 16.7 Å². The number of nitrogens with zero attached hydrogens (tertiary/aromatic N) is 1. The van der Waals surface area contributed by atoms with Gasteiger partial charge in [0.1, 0.15) is 0 Å². The Hall–Kier alpha value is -4.45. The van der Waals surface area contributed by atoms with Gasteiger partial charge in [0.25, 0.3) is 0 Å². The molecule has 0 atom stereocenters. The minimum absolute atomic E-state index is 0.0492. The summed E-state index contributed by atoms with van der Waals surface area (Å²) in [5, 5.41) is 11.5. The van der Waals surface area contributed by atoms with Crippen molar-refractivity contribution in [3.05, 3.63) is 69.3 Å². The lowest BCUT2D eigenvalue weighted by atomic mass is 10.0. The number of benzene rings is 3. The zero-order valence-corrected chi connectivity index (χ0v) is 23.2. The van der Waals surface area contributed by atoms with Gasteiger partial charge in [-0.15, -0.1) is 0 Å². The van der Waals surface area contributed by atoms with E-state index in [1.807, 2.05) is 0 Å². The van der Waals surface area contributed by atoms with Crippen molar-refractivity contribution in [3.8, 4) is 34.5 Å². The third-order valence-corrected chi connectivity index (χ3v) is 7.51. The summed E-state index contributed by atoms with van der Waals surface area (Å²) in [6, 6.07) is 10.3. The van der Waals surface area contributed by atoms with Crippen LogP contribution in [-0.4, -0.2) is 56.0 Å².